The van der Waals surface area contributed by atoms with Crippen LogP contribution in [0.1, 0.15) is 39.5 Å². The van der Waals surface area contributed by atoms with E-state index in [2.05, 4.69) is 0 Å². The molecule has 0 spiro atoms. The molecule has 4 heteroatoms. The lowest BCUT2D eigenvalue weighted by molar-refractivity contribution is -0.149. The third-order valence-corrected chi connectivity index (χ3v) is 2.77. The summed E-state index contributed by atoms with van der Waals surface area (Å²) in [5.41, 5.74) is -0.598. The average Bonchev–Trinajstić information content (AvgIpc) is 2.23. The molecule has 0 heterocycles. The van der Waals surface area contributed by atoms with Crippen LogP contribution >= 0.6 is 0 Å². The lowest BCUT2D eigenvalue weighted by Gasteiger charge is -2.23. The molecule has 0 aromatic carbocycles. The molecular formula is C12H24O4. The Kier molecular flexibility index (Phi) is 8.21. The van der Waals surface area contributed by atoms with E-state index in [4.69, 9.17) is 14.6 Å². The Bertz CT molecular complexity index is 193. The predicted molar refractivity (Wildman–Crippen MR) is 62.6 cm³/mol. The van der Waals surface area contributed by atoms with Crippen LogP contribution in [0.25, 0.3) is 0 Å². The maximum absolute atomic E-state index is 11.1. The summed E-state index contributed by atoms with van der Waals surface area (Å²) >= 11 is 0. The largest absolute Gasteiger partial charge is 0.481 e. The molecule has 4 nitrogen and oxygen atoms in total. The van der Waals surface area contributed by atoms with Crippen molar-refractivity contribution in [1.29, 1.82) is 0 Å². The summed E-state index contributed by atoms with van der Waals surface area (Å²) < 4.78 is 10.2. The van der Waals surface area contributed by atoms with Crippen molar-refractivity contribution < 1.29 is 19.4 Å². The van der Waals surface area contributed by atoms with Gasteiger partial charge < -0.3 is 14.6 Å². The van der Waals surface area contributed by atoms with Crippen molar-refractivity contribution in [1.82, 2.24) is 0 Å². The molecule has 0 rings (SSSR count). The van der Waals surface area contributed by atoms with Crippen LogP contribution in [0.4, 0.5) is 0 Å². The highest BCUT2D eigenvalue weighted by atomic mass is 16.5. The molecule has 0 aliphatic heterocycles. The molecule has 0 aromatic rings. The van der Waals surface area contributed by atoms with E-state index in [9.17, 15) is 4.79 Å². The van der Waals surface area contributed by atoms with Gasteiger partial charge in [0, 0.05) is 13.7 Å². The number of carboxylic acid groups (broad SMARTS) is 1. The Labute approximate surface area is 97.9 Å². The Morgan fingerprint density at radius 3 is 2.44 bits per heavy atom. The summed E-state index contributed by atoms with van der Waals surface area (Å²) in [6.45, 7) is 5.60. The van der Waals surface area contributed by atoms with Crippen LogP contribution in [-0.2, 0) is 14.3 Å². The minimum Gasteiger partial charge on any atom is -0.481 e. The van der Waals surface area contributed by atoms with Crippen LogP contribution in [0.2, 0.25) is 0 Å². The van der Waals surface area contributed by atoms with Crippen LogP contribution in [-0.4, -0.2) is 38.0 Å². The van der Waals surface area contributed by atoms with Gasteiger partial charge in [-0.25, -0.2) is 0 Å². The monoisotopic (exact) mass is 232 g/mol. The molecule has 1 atom stereocenters. The van der Waals surface area contributed by atoms with Gasteiger partial charge in [0.2, 0.25) is 0 Å². The van der Waals surface area contributed by atoms with Gasteiger partial charge in [0.05, 0.1) is 18.6 Å². The summed E-state index contributed by atoms with van der Waals surface area (Å²) in [5, 5.41) is 9.14. The second-order valence-electron chi connectivity index (χ2n) is 4.32. The number of hydrogen-bond donors (Lipinski definition) is 1. The Hall–Kier alpha value is -0.610. The molecule has 0 radical (unpaired) electrons. The maximum atomic E-state index is 11.1. The molecule has 0 aliphatic carbocycles. The smallest absolute Gasteiger partial charge is 0.309 e. The van der Waals surface area contributed by atoms with Crippen LogP contribution in [0, 0.1) is 5.41 Å². The second kappa shape index (κ2) is 8.53. The zero-order valence-electron chi connectivity index (χ0n) is 10.6. The number of carbonyl (C=O) groups is 1. The maximum Gasteiger partial charge on any atom is 0.309 e. The number of aliphatic carboxylic acids is 1. The molecule has 1 N–H and O–H groups in total. The molecule has 16 heavy (non-hydrogen) atoms. The Morgan fingerprint density at radius 1 is 1.25 bits per heavy atom. The van der Waals surface area contributed by atoms with Crippen LogP contribution in [0.3, 0.4) is 0 Å². The van der Waals surface area contributed by atoms with Gasteiger partial charge in [0.1, 0.15) is 0 Å². The fraction of sp³-hybridized carbons (Fsp3) is 0.917. The van der Waals surface area contributed by atoms with Crippen molar-refractivity contribution in [2.45, 2.75) is 39.5 Å². The van der Waals surface area contributed by atoms with Crippen LogP contribution in [0.15, 0.2) is 0 Å². The van der Waals surface area contributed by atoms with Crippen LogP contribution < -0.4 is 0 Å². The van der Waals surface area contributed by atoms with Crippen molar-refractivity contribution in [2.24, 2.45) is 5.41 Å². The lowest BCUT2D eigenvalue weighted by atomic mass is 9.81. The second-order valence-corrected chi connectivity index (χ2v) is 4.32. The van der Waals surface area contributed by atoms with Gasteiger partial charge in [-0.1, -0.05) is 13.3 Å². The minimum absolute atomic E-state index is 0.577. The Balaban J connectivity index is 3.73. The molecule has 0 fully saturated rings. The van der Waals surface area contributed by atoms with Crippen molar-refractivity contribution in [3.05, 3.63) is 0 Å². The average molecular weight is 232 g/mol. The molecule has 0 saturated heterocycles. The van der Waals surface area contributed by atoms with Crippen molar-refractivity contribution in [3.63, 3.8) is 0 Å². The molecule has 0 bridgehead atoms. The van der Waals surface area contributed by atoms with Gasteiger partial charge in [-0.15, -0.1) is 0 Å². The quantitative estimate of drug-likeness (QED) is 0.587. The fourth-order valence-electron chi connectivity index (χ4n) is 1.70. The van der Waals surface area contributed by atoms with E-state index in [0.717, 1.165) is 19.3 Å². The van der Waals surface area contributed by atoms with Crippen molar-refractivity contribution in [3.8, 4) is 0 Å². The Morgan fingerprint density at radius 2 is 1.94 bits per heavy atom. The molecule has 0 saturated carbocycles. The van der Waals surface area contributed by atoms with Gasteiger partial charge in [0.15, 0.2) is 0 Å². The van der Waals surface area contributed by atoms with Crippen molar-refractivity contribution in [2.75, 3.05) is 26.9 Å². The molecular weight excluding hydrogens is 208 g/mol. The first-order chi connectivity index (χ1) is 7.56. The molecule has 0 amide bonds. The van der Waals surface area contributed by atoms with Gasteiger partial charge >= 0.3 is 5.97 Å². The van der Waals surface area contributed by atoms with E-state index in [-0.39, 0.29) is 0 Å². The van der Waals surface area contributed by atoms with E-state index in [1.807, 2.05) is 13.8 Å². The summed E-state index contributed by atoms with van der Waals surface area (Å²) in [4.78, 5) is 11.1. The number of rotatable bonds is 10. The number of carboxylic acids is 1. The number of methoxy groups -OCH3 is 1. The topological polar surface area (TPSA) is 55.8 Å². The first-order valence-electron chi connectivity index (χ1n) is 5.87. The molecule has 0 aliphatic rings. The number of ether oxygens (including phenoxy) is 2. The third kappa shape index (κ3) is 6.08. The highest BCUT2D eigenvalue weighted by Gasteiger charge is 2.31. The fourth-order valence-corrected chi connectivity index (χ4v) is 1.70. The first kappa shape index (κ1) is 15.4. The van der Waals surface area contributed by atoms with Gasteiger partial charge in [-0.2, -0.15) is 0 Å². The zero-order valence-corrected chi connectivity index (χ0v) is 10.6. The highest BCUT2D eigenvalue weighted by molar-refractivity contribution is 5.73. The molecule has 0 aromatic heterocycles. The standard InChI is InChI=1S/C12H24O4/c1-4-6-12(2,11(13)14)7-5-8-16-10-9-15-3/h4-10H2,1-3H3,(H,13,14). The normalized spacial score (nSPS) is 14.7. The predicted octanol–water partition coefficient (Wildman–Crippen LogP) is 2.32. The van der Waals surface area contributed by atoms with Gasteiger partial charge in [-0.05, 0) is 26.2 Å². The summed E-state index contributed by atoms with van der Waals surface area (Å²) in [7, 11) is 1.63. The van der Waals surface area contributed by atoms with E-state index in [1.54, 1.807) is 7.11 Å². The number of hydrogen-bond acceptors (Lipinski definition) is 3. The van der Waals surface area contributed by atoms with E-state index in [1.165, 1.54) is 0 Å². The molecule has 96 valence electrons. The zero-order chi connectivity index (χ0) is 12.4. The molecule has 1 unspecified atom stereocenters. The van der Waals surface area contributed by atoms with Gasteiger partial charge in [0.25, 0.3) is 0 Å². The van der Waals surface area contributed by atoms with Crippen LogP contribution in [0.5, 0.6) is 0 Å². The highest BCUT2D eigenvalue weighted by Crippen LogP contribution is 2.29. The van der Waals surface area contributed by atoms with Crippen molar-refractivity contribution >= 4 is 5.97 Å². The summed E-state index contributed by atoms with van der Waals surface area (Å²) in [6.07, 6.45) is 3.07. The van der Waals surface area contributed by atoms with E-state index >= 15 is 0 Å². The van der Waals surface area contributed by atoms with E-state index in [0.29, 0.717) is 26.2 Å². The summed E-state index contributed by atoms with van der Waals surface area (Å²) in [5.74, 6) is -0.703. The summed E-state index contributed by atoms with van der Waals surface area (Å²) in [6, 6.07) is 0. The minimum atomic E-state index is -0.703. The van der Waals surface area contributed by atoms with Gasteiger partial charge in [-0.3, -0.25) is 4.79 Å². The first-order valence-corrected chi connectivity index (χ1v) is 5.87. The van der Waals surface area contributed by atoms with E-state index < -0.39 is 11.4 Å². The third-order valence-electron chi connectivity index (χ3n) is 2.77. The SMILES string of the molecule is CCCC(C)(CCCOCCOC)C(=O)O. The lowest BCUT2D eigenvalue weighted by Crippen LogP contribution is -2.27.